The molecule has 0 bridgehead atoms. The second kappa shape index (κ2) is 9.19. The summed E-state index contributed by atoms with van der Waals surface area (Å²) in [5.74, 6) is -0.128. The molecule has 16 heavy (non-hydrogen) atoms. The summed E-state index contributed by atoms with van der Waals surface area (Å²) < 4.78 is 4.79. The minimum absolute atomic E-state index is 0.113. The van der Waals surface area contributed by atoms with E-state index in [1.54, 1.807) is 0 Å². The molecule has 1 atom stereocenters. The van der Waals surface area contributed by atoms with Crippen LogP contribution in [0.25, 0.3) is 0 Å². The lowest BCUT2D eigenvalue weighted by atomic mass is 10.2. The van der Waals surface area contributed by atoms with Gasteiger partial charge in [-0.1, -0.05) is 6.92 Å². The largest absolute Gasteiger partial charge is 0.466 e. The van der Waals surface area contributed by atoms with Gasteiger partial charge in [0.1, 0.15) is 0 Å². The van der Waals surface area contributed by atoms with E-state index in [0.29, 0.717) is 13.0 Å². The Bertz CT molecular complexity index is 216. The normalized spacial score (nSPS) is 11.9. The zero-order valence-electron chi connectivity index (χ0n) is 10.5. The van der Waals surface area contributed by atoms with Crippen LogP contribution in [-0.4, -0.2) is 24.5 Å². The van der Waals surface area contributed by atoms with Crippen LogP contribution in [0.15, 0.2) is 0 Å². The number of carbonyl (C=O) groups is 2. The Morgan fingerprint density at radius 1 is 1.25 bits per heavy atom. The molecule has 0 saturated carbocycles. The summed E-state index contributed by atoms with van der Waals surface area (Å²) in [6.45, 7) is 5.91. The number of ether oxygens (including phenoxy) is 1. The molecular formula is C12H23NO3. The molecule has 0 aromatic heterocycles. The Kier molecular flexibility index (Phi) is 8.58. The van der Waals surface area contributed by atoms with Gasteiger partial charge in [0.15, 0.2) is 0 Å². The summed E-state index contributed by atoms with van der Waals surface area (Å²) in [7, 11) is 0. The summed E-state index contributed by atoms with van der Waals surface area (Å²) in [6.07, 6.45) is 4.11. The molecule has 1 N–H and O–H groups in total. The van der Waals surface area contributed by atoms with E-state index >= 15 is 0 Å². The first-order chi connectivity index (χ1) is 7.56. The molecule has 1 amide bonds. The monoisotopic (exact) mass is 229 g/mol. The van der Waals surface area contributed by atoms with Crippen LogP contribution >= 0.6 is 0 Å². The van der Waals surface area contributed by atoms with Gasteiger partial charge >= 0.3 is 5.97 Å². The maximum atomic E-state index is 11.4. The van der Waals surface area contributed by atoms with Crippen LogP contribution in [0.4, 0.5) is 0 Å². The number of rotatable bonds is 8. The van der Waals surface area contributed by atoms with Crippen molar-refractivity contribution in [3.8, 4) is 0 Å². The van der Waals surface area contributed by atoms with E-state index in [-0.39, 0.29) is 17.9 Å². The van der Waals surface area contributed by atoms with E-state index in [1.165, 1.54) is 6.92 Å². The van der Waals surface area contributed by atoms with Crippen LogP contribution in [0, 0.1) is 0 Å². The minimum Gasteiger partial charge on any atom is -0.466 e. The number of nitrogens with one attached hydrogen (secondary N) is 1. The van der Waals surface area contributed by atoms with Crippen molar-refractivity contribution in [3.63, 3.8) is 0 Å². The molecule has 4 heteroatoms. The molecule has 0 aliphatic carbocycles. The molecule has 0 aromatic carbocycles. The summed E-state index contributed by atoms with van der Waals surface area (Å²) in [6, 6.07) is 0.258. The maximum absolute atomic E-state index is 11.4. The van der Waals surface area contributed by atoms with E-state index < -0.39 is 0 Å². The smallest absolute Gasteiger partial charge is 0.302 e. The first-order valence-electron chi connectivity index (χ1n) is 5.99. The highest BCUT2D eigenvalue weighted by atomic mass is 16.5. The van der Waals surface area contributed by atoms with Crippen molar-refractivity contribution in [2.75, 3.05) is 6.61 Å². The highest BCUT2D eigenvalue weighted by molar-refractivity contribution is 5.76. The van der Waals surface area contributed by atoms with E-state index in [1.807, 2.05) is 13.8 Å². The van der Waals surface area contributed by atoms with Crippen LogP contribution in [0.2, 0.25) is 0 Å². The maximum Gasteiger partial charge on any atom is 0.302 e. The summed E-state index contributed by atoms with van der Waals surface area (Å²) >= 11 is 0. The average molecular weight is 229 g/mol. The lowest BCUT2D eigenvalue weighted by Gasteiger charge is -2.10. The molecule has 0 aliphatic rings. The number of hydrogen-bond donors (Lipinski definition) is 1. The molecule has 0 heterocycles. The molecule has 0 rings (SSSR count). The molecule has 0 spiro atoms. The van der Waals surface area contributed by atoms with Crippen LogP contribution < -0.4 is 5.32 Å². The zero-order chi connectivity index (χ0) is 12.4. The molecule has 0 aliphatic heterocycles. The fourth-order valence-electron chi connectivity index (χ4n) is 1.23. The van der Waals surface area contributed by atoms with E-state index in [2.05, 4.69) is 5.32 Å². The molecule has 0 fully saturated rings. The van der Waals surface area contributed by atoms with Gasteiger partial charge in [0, 0.05) is 19.4 Å². The second-order valence-electron chi connectivity index (χ2n) is 4.03. The topological polar surface area (TPSA) is 55.4 Å². The number of esters is 1. The number of amides is 1. The molecule has 0 saturated heterocycles. The summed E-state index contributed by atoms with van der Waals surface area (Å²) in [5.41, 5.74) is 0. The standard InChI is InChI=1S/C12H23NO3/c1-4-10(2)13-12(15)8-6-5-7-9-16-11(3)14/h10H,4-9H2,1-3H3,(H,13,15). The van der Waals surface area contributed by atoms with Crippen molar-refractivity contribution in [2.45, 2.75) is 58.9 Å². The van der Waals surface area contributed by atoms with Gasteiger partial charge in [-0.25, -0.2) is 0 Å². The van der Waals surface area contributed by atoms with Crippen molar-refractivity contribution in [3.05, 3.63) is 0 Å². The second-order valence-corrected chi connectivity index (χ2v) is 4.03. The van der Waals surface area contributed by atoms with Gasteiger partial charge < -0.3 is 10.1 Å². The lowest BCUT2D eigenvalue weighted by molar-refractivity contribution is -0.141. The Morgan fingerprint density at radius 3 is 2.50 bits per heavy atom. The minimum atomic E-state index is -0.241. The summed E-state index contributed by atoms with van der Waals surface area (Å²) in [4.78, 5) is 21.8. The predicted octanol–water partition coefficient (Wildman–Crippen LogP) is 2.02. The van der Waals surface area contributed by atoms with Crippen molar-refractivity contribution in [1.29, 1.82) is 0 Å². The summed E-state index contributed by atoms with van der Waals surface area (Å²) in [5, 5.41) is 2.91. The molecule has 0 radical (unpaired) electrons. The predicted molar refractivity (Wildman–Crippen MR) is 63.0 cm³/mol. The molecular weight excluding hydrogens is 206 g/mol. The Hall–Kier alpha value is -1.06. The van der Waals surface area contributed by atoms with Crippen molar-refractivity contribution in [1.82, 2.24) is 5.32 Å². The third-order valence-corrected chi connectivity index (χ3v) is 2.37. The first kappa shape index (κ1) is 14.9. The molecule has 1 unspecified atom stereocenters. The van der Waals surface area contributed by atoms with E-state index in [9.17, 15) is 9.59 Å². The molecule has 0 aromatic rings. The Balaban J connectivity index is 3.31. The van der Waals surface area contributed by atoms with Crippen molar-refractivity contribution in [2.24, 2.45) is 0 Å². The SMILES string of the molecule is CCC(C)NC(=O)CCCCCOC(C)=O. The number of unbranched alkanes of at least 4 members (excludes halogenated alkanes) is 2. The zero-order valence-corrected chi connectivity index (χ0v) is 10.5. The van der Waals surface area contributed by atoms with Gasteiger partial charge in [-0.05, 0) is 32.6 Å². The van der Waals surface area contributed by atoms with Crippen LogP contribution in [0.5, 0.6) is 0 Å². The van der Waals surface area contributed by atoms with Crippen LogP contribution in [-0.2, 0) is 14.3 Å². The van der Waals surface area contributed by atoms with Gasteiger partial charge in [-0.2, -0.15) is 0 Å². The highest BCUT2D eigenvalue weighted by Gasteiger charge is 2.04. The van der Waals surface area contributed by atoms with Gasteiger partial charge in [0.2, 0.25) is 5.91 Å². The molecule has 94 valence electrons. The number of carbonyl (C=O) groups excluding carboxylic acids is 2. The highest BCUT2D eigenvalue weighted by Crippen LogP contribution is 2.01. The van der Waals surface area contributed by atoms with Crippen molar-refractivity contribution >= 4 is 11.9 Å². The average Bonchev–Trinajstić information content (AvgIpc) is 2.22. The Labute approximate surface area is 97.7 Å². The van der Waals surface area contributed by atoms with Crippen LogP contribution in [0.1, 0.15) is 52.9 Å². The fourth-order valence-corrected chi connectivity index (χ4v) is 1.23. The van der Waals surface area contributed by atoms with Gasteiger partial charge in [0.05, 0.1) is 6.61 Å². The van der Waals surface area contributed by atoms with E-state index in [0.717, 1.165) is 25.7 Å². The third kappa shape index (κ3) is 9.49. The fraction of sp³-hybridized carbons (Fsp3) is 0.833. The van der Waals surface area contributed by atoms with Gasteiger partial charge in [0.25, 0.3) is 0 Å². The van der Waals surface area contributed by atoms with Crippen molar-refractivity contribution < 1.29 is 14.3 Å². The van der Waals surface area contributed by atoms with Crippen LogP contribution in [0.3, 0.4) is 0 Å². The Morgan fingerprint density at radius 2 is 1.94 bits per heavy atom. The quantitative estimate of drug-likeness (QED) is 0.512. The number of hydrogen-bond acceptors (Lipinski definition) is 3. The third-order valence-electron chi connectivity index (χ3n) is 2.37. The van der Waals surface area contributed by atoms with Gasteiger partial charge in [-0.3, -0.25) is 9.59 Å². The van der Waals surface area contributed by atoms with E-state index in [4.69, 9.17) is 4.74 Å². The van der Waals surface area contributed by atoms with Gasteiger partial charge in [-0.15, -0.1) is 0 Å². The molecule has 4 nitrogen and oxygen atoms in total. The lowest BCUT2D eigenvalue weighted by Crippen LogP contribution is -2.31. The first-order valence-corrected chi connectivity index (χ1v) is 5.99.